The number of halogens is 1. The molecule has 0 unspecified atom stereocenters. The summed E-state index contributed by atoms with van der Waals surface area (Å²) in [6.45, 7) is 1.27. The van der Waals surface area contributed by atoms with E-state index >= 15 is 0 Å². The zero-order valence-electron chi connectivity index (χ0n) is 11.7. The van der Waals surface area contributed by atoms with Crippen LogP contribution in [0.2, 0.25) is 0 Å². The molecule has 2 aromatic rings. The van der Waals surface area contributed by atoms with E-state index in [0.29, 0.717) is 18.8 Å². The number of aromatic nitrogens is 1. The average molecular weight is 288 g/mol. The molecule has 0 fully saturated rings. The van der Waals surface area contributed by atoms with Crippen molar-refractivity contribution >= 4 is 5.84 Å². The minimum atomic E-state index is -0.237. The summed E-state index contributed by atoms with van der Waals surface area (Å²) in [7, 11) is 1.94. The van der Waals surface area contributed by atoms with Crippen molar-refractivity contribution in [3.63, 3.8) is 0 Å². The van der Waals surface area contributed by atoms with E-state index in [9.17, 15) is 4.39 Å². The van der Waals surface area contributed by atoms with Crippen LogP contribution in [-0.4, -0.2) is 28.0 Å². The maximum atomic E-state index is 13.1. The van der Waals surface area contributed by atoms with E-state index < -0.39 is 0 Å². The van der Waals surface area contributed by atoms with Crippen LogP contribution in [0.25, 0.3) is 0 Å². The highest BCUT2D eigenvalue weighted by molar-refractivity contribution is 5.95. The Morgan fingerprint density at radius 1 is 1.29 bits per heavy atom. The van der Waals surface area contributed by atoms with Gasteiger partial charge in [-0.25, -0.2) is 4.39 Å². The standard InChI is InChI=1S/C15H17FN4O/c1-20(9-11-3-2-4-13(16)7-11)10-12-5-6-18-14(8-12)15(17)19-21/h2-8,21H,9-10H2,1H3,(H2,17,19). The van der Waals surface area contributed by atoms with Gasteiger partial charge in [0.2, 0.25) is 0 Å². The number of pyridine rings is 1. The van der Waals surface area contributed by atoms with Gasteiger partial charge in [-0.15, -0.1) is 0 Å². The molecule has 110 valence electrons. The summed E-state index contributed by atoms with van der Waals surface area (Å²) in [6.07, 6.45) is 1.61. The minimum absolute atomic E-state index is 0.0235. The molecule has 0 amide bonds. The van der Waals surface area contributed by atoms with E-state index in [0.717, 1.165) is 11.1 Å². The highest BCUT2D eigenvalue weighted by atomic mass is 19.1. The van der Waals surface area contributed by atoms with Gasteiger partial charge in [-0.3, -0.25) is 9.88 Å². The van der Waals surface area contributed by atoms with Gasteiger partial charge in [0.25, 0.3) is 0 Å². The zero-order valence-corrected chi connectivity index (χ0v) is 11.7. The second kappa shape index (κ2) is 6.81. The van der Waals surface area contributed by atoms with Gasteiger partial charge in [-0.1, -0.05) is 17.3 Å². The van der Waals surface area contributed by atoms with E-state index in [1.54, 1.807) is 18.3 Å². The number of hydrogen-bond acceptors (Lipinski definition) is 4. The first-order valence-corrected chi connectivity index (χ1v) is 6.44. The molecule has 0 aliphatic heterocycles. The lowest BCUT2D eigenvalue weighted by molar-refractivity contribution is 0.317. The molecule has 3 N–H and O–H groups in total. The zero-order chi connectivity index (χ0) is 15.2. The molecule has 5 nitrogen and oxygen atoms in total. The molecule has 1 aromatic carbocycles. The Kier molecular flexibility index (Phi) is 4.84. The van der Waals surface area contributed by atoms with Crippen LogP contribution in [0.1, 0.15) is 16.8 Å². The maximum Gasteiger partial charge on any atom is 0.188 e. The Balaban J connectivity index is 2.04. The van der Waals surface area contributed by atoms with Crippen LogP contribution in [-0.2, 0) is 13.1 Å². The number of nitrogens with two attached hydrogens (primary N) is 1. The van der Waals surface area contributed by atoms with E-state index in [-0.39, 0.29) is 11.7 Å². The average Bonchev–Trinajstić information content (AvgIpc) is 2.46. The van der Waals surface area contributed by atoms with Gasteiger partial charge < -0.3 is 10.9 Å². The summed E-state index contributed by atoms with van der Waals surface area (Å²) >= 11 is 0. The number of benzene rings is 1. The van der Waals surface area contributed by atoms with Crippen molar-refractivity contribution in [2.24, 2.45) is 10.9 Å². The van der Waals surface area contributed by atoms with Crippen LogP contribution < -0.4 is 5.73 Å². The fraction of sp³-hybridized carbons (Fsp3) is 0.200. The molecule has 0 spiro atoms. The Bertz CT molecular complexity index is 645. The van der Waals surface area contributed by atoms with E-state index in [2.05, 4.69) is 10.1 Å². The van der Waals surface area contributed by atoms with Crippen LogP contribution in [0, 0.1) is 5.82 Å². The molecule has 6 heteroatoms. The molecule has 0 aliphatic rings. The fourth-order valence-corrected chi connectivity index (χ4v) is 2.08. The number of nitrogens with zero attached hydrogens (tertiary/aromatic N) is 3. The van der Waals surface area contributed by atoms with Crippen LogP contribution in [0.3, 0.4) is 0 Å². The lowest BCUT2D eigenvalue weighted by Crippen LogP contribution is -2.19. The second-order valence-corrected chi connectivity index (χ2v) is 4.84. The smallest absolute Gasteiger partial charge is 0.188 e. The normalized spacial score (nSPS) is 11.9. The van der Waals surface area contributed by atoms with Crippen molar-refractivity contribution in [2.75, 3.05) is 7.05 Å². The van der Waals surface area contributed by atoms with Gasteiger partial charge >= 0.3 is 0 Å². The largest absolute Gasteiger partial charge is 0.409 e. The van der Waals surface area contributed by atoms with Gasteiger partial charge in [0.05, 0.1) is 0 Å². The third-order valence-corrected chi connectivity index (χ3v) is 2.99. The molecule has 0 saturated carbocycles. The summed E-state index contributed by atoms with van der Waals surface area (Å²) < 4.78 is 13.1. The Morgan fingerprint density at radius 3 is 2.67 bits per heavy atom. The number of amidine groups is 1. The summed E-state index contributed by atoms with van der Waals surface area (Å²) in [4.78, 5) is 6.07. The van der Waals surface area contributed by atoms with Crippen molar-refractivity contribution < 1.29 is 9.60 Å². The van der Waals surface area contributed by atoms with Crippen molar-refractivity contribution in [3.8, 4) is 0 Å². The Morgan fingerprint density at radius 2 is 2.00 bits per heavy atom. The first-order valence-electron chi connectivity index (χ1n) is 6.44. The molecule has 2 rings (SSSR count). The lowest BCUT2D eigenvalue weighted by atomic mass is 10.1. The third-order valence-electron chi connectivity index (χ3n) is 2.99. The van der Waals surface area contributed by atoms with Gasteiger partial charge in [-0.2, -0.15) is 0 Å². The predicted octanol–water partition coefficient (Wildman–Crippen LogP) is 1.95. The van der Waals surface area contributed by atoms with E-state index in [1.165, 1.54) is 12.1 Å². The van der Waals surface area contributed by atoms with Crippen LogP contribution in [0.4, 0.5) is 4.39 Å². The SMILES string of the molecule is CN(Cc1cccc(F)c1)Cc1ccnc(C(N)=NO)c1. The number of rotatable bonds is 5. The van der Waals surface area contributed by atoms with Crippen molar-refractivity contribution in [3.05, 3.63) is 65.2 Å². The molecule has 1 aromatic heterocycles. The summed E-state index contributed by atoms with van der Waals surface area (Å²) in [5, 5.41) is 11.6. The van der Waals surface area contributed by atoms with Crippen molar-refractivity contribution in [1.82, 2.24) is 9.88 Å². The van der Waals surface area contributed by atoms with E-state index in [4.69, 9.17) is 10.9 Å². The second-order valence-electron chi connectivity index (χ2n) is 4.84. The highest BCUT2D eigenvalue weighted by Crippen LogP contribution is 2.10. The first kappa shape index (κ1) is 14.9. The topological polar surface area (TPSA) is 74.7 Å². The fourth-order valence-electron chi connectivity index (χ4n) is 2.08. The number of hydrogen-bond donors (Lipinski definition) is 2. The maximum absolute atomic E-state index is 13.1. The Labute approximate surface area is 122 Å². The van der Waals surface area contributed by atoms with Crippen LogP contribution in [0.15, 0.2) is 47.8 Å². The first-order chi connectivity index (χ1) is 10.1. The van der Waals surface area contributed by atoms with Gasteiger partial charge in [-0.05, 0) is 42.4 Å². The van der Waals surface area contributed by atoms with E-state index in [1.807, 2.05) is 24.1 Å². The predicted molar refractivity (Wildman–Crippen MR) is 78.3 cm³/mol. The van der Waals surface area contributed by atoms with Gasteiger partial charge in [0, 0.05) is 19.3 Å². The minimum Gasteiger partial charge on any atom is -0.409 e. The van der Waals surface area contributed by atoms with Crippen LogP contribution in [0.5, 0.6) is 0 Å². The van der Waals surface area contributed by atoms with Gasteiger partial charge in [0.15, 0.2) is 5.84 Å². The Hall–Kier alpha value is -2.47. The summed E-state index contributed by atoms with van der Waals surface area (Å²) in [5.41, 5.74) is 7.82. The molecule has 0 aliphatic carbocycles. The lowest BCUT2D eigenvalue weighted by Gasteiger charge is -2.17. The molecule has 0 bridgehead atoms. The quantitative estimate of drug-likeness (QED) is 0.382. The molecule has 0 radical (unpaired) electrons. The van der Waals surface area contributed by atoms with Crippen molar-refractivity contribution in [2.45, 2.75) is 13.1 Å². The number of oxime groups is 1. The molecule has 21 heavy (non-hydrogen) atoms. The van der Waals surface area contributed by atoms with Gasteiger partial charge in [0.1, 0.15) is 11.5 Å². The molecule has 0 saturated heterocycles. The van der Waals surface area contributed by atoms with Crippen molar-refractivity contribution in [1.29, 1.82) is 0 Å². The third kappa shape index (κ3) is 4.25. The summed E-state index contributed by atoms with van der Waals surface area (Å²) in [5.74, 6) is -0.260. The molecular weight excluding hydrogens is 271 g/mol. The van der Waals surface area contributed by atoms with Crippen LogP contribution >= 0.6 is 0 Å². The molecule has 0 atom stereocenters. The molecule has 1 heterocycles. The highest BCUT2D eigenvalue weighted by Gasteiger charge is 2.06. The summed E-state index contributed by atoms with van der Waals surface area (Å²) in [6, 6.07) is 10.1. The molecular formula is C15H17FN4O. The monoisotopic (exact) mass is 288 g/mol.